The SMILES string of the molecule is CCCCOc1nc(N)c2cc(C(C)=O)[nH]c2n1. The number of carbonyl (C=O) groups excluding carboxylic acids is 1. The van der Waals surface area contributed by atoms with Crippen molar-refractivity contribution in [3.8, 4) is 6.01 Å². The summed E-state index contributed by atoms with van der Waals surface area (Å²) in [6.45, 7) is 4.11. The molecule has 0 aromatic carbocycles. The first-order chi connectivity index (χ1) is 8.61. The number of nitrogens with zero attached hydrogens (tertiary/aromatic N) is 2. The van der Waals surface area contributed by atoms with E-state index in [1.54, 1.807) is 6.07 Å². The van der Waals surface area contributed by atoms with Crippen LogP contribution >= 0.6 is 0 Å². The van der Waals surface area contributed by atoms with E-state index in [4.69, 9.17) is 10.5 Å². The number of anilines is 1. The van der Waals surface area contributed by atoms with Gasteiger partial charge in [0.25, 0.3) is 0 Å². The molecular formula is C12H16N4O2. The van der Waals surface area contributed by atoms with E-state index >= 15 is 0 Å². The molecule has 2 rings (SSSR count). The minimum atomic E-state index is -0.0687. The number of ketones is 1. The van der Waals surface area contributed by atoms with Crippen molar-refractivity contribution in [2.45, 2.75) is 26.7 Å². The lowest BCUT2D eigenvalue weighted by Gasteiger charge is -2.04. The molecule has 0 aliphatic carbocycles. The van der Waals surface area contributed by atoms with Gasteiger partial charge in [0, 0.05) is 6.92 Å². The standard InChI is InChI=1S/C12H16N4O2/c1-3-4-5-18-12-15-10(13)8-6-9(7(2)17)14-11(8)16-12/h6H,3-5H2,1-2H3,(H3,13,14,15,16). The Hall–Kier alpha value is -2.11. The monoisotopic (exact) mass is 248 g/mol. The molecule has 0 unspecified atom stereocenters. The molecular weight excluding hydrogens is 232 g/mol. The highest BCUT2D eigenvalue weighted by molar-refractivity contribution is 5.99. The summed E-state index contributed by atoms with van der Waals surface area (Å²) in [5.74, 6) is 0.246. The summed E-state index contributed by atoms with van der Waals surface area (Å²) in [7, 11) is 0. The van der Waals surface area contributed by atoms with Crippen molar-refractivity contribution in [3.05, 3.63) is 11.8 Å². The van der Waals surface area contributed by atoms with Gasteiger partial charge in [-0.1, -0.05) is 13.3 Å². The van der Waals surface area contributed by atoms with E-state index in [0.29, 0.717) is 29.2 Å². The Labute approximate surface area is 105 Å². The van der Waals surface area contributed by atoms with Gasteiger partial charge >= 0.3 is 6.01 Å². The van der Waals surface area contributed by atoms with Gasteiger partial charge in [0.15, 0.2) is 5.78 Å². The number of aromatic amines is 1. The molecule has 0 bridgehead atoms. The number of rotatable bonds is 5. The zero-order valence-electron chi connectivity index (χ0n) is 10.5. The smallest absolute Gasteiger partial charge is 0.320 e. The molecule has 0 atom stereocenters. The molecule has 0 radical (unpaired) electrons. The lowest BCUT2D eigenvalue weighted by molar-refractivity contribution is 0.101. The number of Topliss-reactive ketones (excluding diaryl/α,β-unsaturated/α-hetero) is 1. The Morgan fingerprint density at radius 3 is 2.94 bits per heavy atom. The fourth-order valence-electron chi connectivity index (χ4n) is 1.57. The second-order valence-corrected chi connectivity index (χ2v) is 4.09. The molecule has 3 N–H and O–H groups in total. The summed E-state index contributed by atoms with van der Waals surface area (Å²) in [4.78, 5) is 22.4. The Bertz CT molecular complexity index is 577. The molecule has 2 heterocycles. The second kappa shape index (κ2) is 5.03. The van der Waals surface area contributed by atoms with Crippen LogP contribution in [0.15, 0.2) is 6.07 Å². The zero-order valence-corrected chi connectivity index (χ0v) is 10.5. The van der Waals surface area contributed by atoms with E-state index in [9.17, 15) is 4.79 Å². The van der Waals surface area contributed by atoms with Gasteiger partial charge in [-0.3, -0.25) is 4.79 Å². The predicted molar refractivity (Wildman–Crippen MR) is 68.7 cm³/mol. The third-order valence-corrected chi connectivity index (χ3v) is 2.60. The molecule has 18 heavy (non-hydrogen) atoms. The van der Waals surface area contributed by atoms with Crippen molar-refractivity contribution >= 4 is 22.6 Å². The van der Waals surface area contributed by atoms with Crippen LogP contribution in [-0.2, 0) is 0 Å². The van der Waals surface area contributed by atoms with Gasteiger partial charge in [0.05, 0.1) is 17.7 Å². The maximum Gasteiger partial charge on any atom is 0.320 e. The lowest BCUT2D eigenvalue weighted by atomic mass is 10.3. The molecule has 0 aliphatic rings. The first kappa shape index (κ1) is 12.3. The Morgan fingerprint density at radius 2 is 2.28 bits per heavy atom. The number of carbonyl (C=O) groups is 1. The Balaban J connectivity index is 2.32. The summed E-state index contributed by atoms with van der Waals surface area (Å²) >= 11 is 0. The number of aromatic nitrogens is 3. The van der Waals surface area contributed by atoms with Crippen molar-refractivity contribution in [1.82, 2.24) is 15.0 Å². The molecule has 2 aromatic rings. The number of unbranched alkanes of at least 4 members (excludes halogenated alkanes) is 1. The van der Waals surface area contributed by atoms with Crippen molar-refractivity contribution in [2.75, 3.05) is 12.3 Å². The molecule has 0 aliphatic heterocycles. The Kier molecular flexibility index (Phi) is 3.45. The van der Waals surface area contributed by atoms with E-state index in [0.717, 1.165) is 12.8 Å². The van der Waals surface area contributed by atoms with Crippen molar-refractivity contribution in [1.29, 1.82) is 0 Å². The summed E-state index contributed by atoms with van der Waals surface area (Å²) in [6, 6.07) is 1.90. The number of nitrogens with one attached hydrogen (secondary N) is 1. The summed E-state index contributed by atoms with van der Waals surface area (Å²) in [5, 5.41) is 0.642. The minimum absolute atomic E-state index is 0.0687. The van der Waals surface area contributed by atoms with Crippen LogP contribution in [0.2, 0.25) is 0 Å². The maximum absolute atomic E-state index is 11.3. The van der Waals surface area contributed by atoms with E-state index in [2.05, 4.69) is 21.9 Å². The third kappa shape index (κ3) is 2.42. The number of hydrogen-bond donors (Lipinski definition) is 2. The van der Waals surface area contributed by atoms with Crippen LogP contribution in [0.4, 0.5) is 5.82 Å². The molecule has 96 valence electrons. The summed E-state index contributed by atoms with van der Waals surface area (Å²) < 4.78 is 5.40. The average Bonchev–Trinajstić information content (AvgIpc) is 2.74. The van der Waals surface area contributed by atoms with Gasteiger partial charge in [-0.15, -0.1) is 0 Å². The molecule has 0 saturated carbocycles. The summed E-state index contributed by atoms with van der Waals surface area (Å²) in [6.07, 6.45) is 1.97. The van der Waals surface area contributed by atoms with Crippen LogP contribution in [0.25, 0.3) is 11.0 Å². The molecule has 6 heteroatoms. The van der Waals surface area contributed by atoms with Crippen LogP contribution < -0.4 is 10.5 Å². The number of ether oxygens (including phenoxy) is 1. The number of hydrogen-bond acceptors (Lipinski definition) is 5. The fourth-order valence-corrected chi connectivity index (χ4v) is 1.57. The first-order valence-corrected chi connectivity index (χ1v) is 5.91. The van der Waals surface area contributed by atoms with E-state index in [1.165, 1.54) is 6.92 Å². The quantitative estimate of drug-likeness (QED) is 0.622. The van der Waals surface area contributed by atoms with Gasteiger partial charge in [0.2, 0.25) is 0 Å². The molecule has 0 saturated heterocycles. The average molecular weight is 248 g/mol. The van der Waals surface area contributed by atoms with Gasteiger partial charge in [-0.2, -0.15) is 9.97 Å². The molecule has 0 fully saturated rings. The van der Waals surface area contributed by atoms with Crippen LogP contribution in [-0.4, -0.2) is 27.3 Å². The van der Waals surface area contributed by atoms with E-state index < -0.39 is 0 Å². The molecule has 2 aromatic heterocycles. The number of H-pyrrole nitrogens is 1. The highest BCUT2D eigenvalue weighted by Gasteiger charge is 2.11. The normalized spacial score (nSPS) is 10.8. The first-order valence-electron chi connectivity index (χ1n) is 5.91. The van der Waals surface area contributed by atoms with Crippen LogP contribution in [0, 0.1) is 0 Å². The second-order valence-electron chi connectivity index (χ2n) is 4.09. The van der Waals surface area contributed by atoms with Crippen LogP contribution in [0.1, 0.15) is 37.2 Å². The molecule has 0 spiro atoms. The molecule has 6 nitrogen and oxygen atoms in total. The van der Waals surface area contributed by atoms with E-state index in [1.807, 2.05) is 0 Å². The van der Waals surface area contributed by atoms with Crippen molar-refractivity contribution < 1.29 is 9.53 Å². The van der Waals surface area contributed by atoms with Crippen molar-refractivity contribution in [2.24, 2.45) is 0 Å². The fraction of sp³-hybridized carbons (Fsp3) is 0.417. The topological polar surface area (TPSA) is 93.9 Å². The van der Waals surface area contributed by atoms with Crippen LogP contribution in [0.5, 0.6) is 6.01 Å². The van der Waals surface area contributed by atoms with Crippen molar-refractivity contribution in [3.63, 3.8) is 0 Å². The van der Waals surface area contributed by atoms with E-state index in [-0.39, 0.29) is 11.8 Å². The largest absolute Gasteiger partial charge is 0.463 e. The predicted octanol–water partition coefficient (Wildman–Crippen LogP) is 1.92. The lowest BCUT2D eigenvalue weighted by Crippen LogP contribution is -2.03. The number of fused-ring (bicyclic) bond motifs is 1. The van der Waals surface area contributed by atoms with Gasteiger partial charge in [0.1, 0.15) is 11.5 Å². The van der Waals surface area contributed by atoms with Gasteiger partial charge < -0.3 is 15.5 Å². The summed E-state index contributed by atoms with van der Waals surface area (Å²) in [5.41, 5.74) is 6.81. The Morgan fingerprint density at radius 1 is 1.50 bits per heavy atom. The molecule has 0 amide bonds. The van der Waals surface area contributed by atoms with Gasteiger partial charge in [-0.25, -0.2) is 0 Å². The third-order valence-electron chi connectivity index (χ3n) is 2.60. The highest BCUT2D eigenvalue weighted by atomic mass is 16.5. The number of nitrogens with two attached hydrogens (primary N) is 1. The van der Waals surface area contributed by atoms with Gasteiger partial charge in [-0.05, 0) is 12.5 Å². The zero-order chi connectivity index (χ0) is 13.1. The van der Waals surface area contributed by atoms with Crippen LogP contribution in [0.3, 0.4) is 0 Å². The minimum Gasteiger partial charge on any atom is -0.463 e. The maximum atomic E-state index is 11.3. The number of nitrogen functional groups attached to an aromatic ring is 1. The highest BCUT2D eigenvalue weighted by Crippen LogP contribution is 2.21.